The number of nitrogens with two attached hydrogens (primary N) is 1. The number of nitrogens with one attached hydrogen (secondary N) is 1. The second-order valence-electron chi connectivity index (χ2n) is 2.62. The minimum atomic E-state index is -0.688. The average molecular weight is 211 g/mol. The third-order valence-electron chi connectivity index (χ3n) is 1.77. The van der Waals surface area contributed by atoms with E-state index >= 15 is 0 Å². The van der Waals surface area contributed by atoms with Gasteiger partial charge in [0.2, 0.25) is 0 Å². The van der Waals surface area contributed by atoms with Gasteiger partial charge < -0.3 is 10.2 Å². The van der Waals surface area contributed by atoms with Crippen LogP contribution in [0.1, 0.15) is 10.4 Å². The Bertz CT molecular complexity index is 405. The molecule has 1 aromatic rings. The van der Waals surface area contributed by atoms with Crippen molar-refractivity contribution in [2.45, 2.75) is 0 Å². The summed E-state index contributed by atoms with van der Waals surface area (Å²) in [6.45, 7) is 0. The molecule has 1 aromatic carbocycles. The molecule has 0 fully saturated rings. The molecular formula is C8H9N3O4. The number of esters is 1. The Labute approximate surface area is 84.9 Å². The molecule has 15 heavy (non-hydrogen) atoms. The smallest absolute Gasteiger partial charge is 0.340 e. The Hall–Kier alpha value is -2.15. The highest BCUT2D eigenvalue weighted by Crippen LogP contribution is 2.21. The number of nitrogens with zero attached hydrogens (tertiary/aromatic N) is 1. The molecule has 0 unspecified atom stereocenters. The van der Waals surface area contributed by atoms with Crippen LogP contribution in [-0.2, 0) is 4.74 Å². The van der Waals surface area contributed by atoms with Gasteiger partial charge in [-0.3, -0.25) is 16.0 Å². The fourth-order valence-corrected chi connectivity index (χ4v) is 1.05. The van der Waals surface area contributed by atoms with Crippen molar-refractivity contribution in [1.82, 2.24) is 0 Å². The molecule has 1 rings (SSSR count). The number of nitro benzene ring substituents is 1. The maximum atomic E-state index is 11.2. The number of carbonyl (C=O) groups is 1. The van der Waals surface area contributed by atoms with E-state index in [-0.39, 0.29) is 16.9 Å². The minimum absolute atomic E-state index is 0.0224. The van der Waals surface area contributed by atoms with Crippen molar-refractivity contribution in [3.63, 3.8) is 0 Å². The third-order valence-corrected chi connectivity index (χ3v) is 1.77. The highest BCUT2D eigenvalue weighted by atomic mass is 16.6. The minimum Gasteiger partial charge on any atom is -0.465 e. The van der Waals surface area contributed by atoms with E-state index in [4.69, 9.17) is 5.84 Å². The second-order valence-corrected chi connectivity index (χ2v) is 2.62. The molecule has 80 valence electrons. The average Bonchev–Trinajstić information content (AvgIpc) is 2.27. The molecule has 7 nitrogen and oxygen atoms in total. The summed E-state index contributed by atoms with van der Waals surface area (Å²) in [5, 5.41) is 10.5. The summed E-state index contributed by atoms with van der Waals surface area (Å²) in [5.41, 5.74) is 2.35. The molecule has 0 saturated carbocycles. The van der Waals surface area contributed by atoms with E-state index in [1.54, 1.807) is 0 Å². The lowest BCUT2D eigenvalue weighted by Gasteiger charge is -2.06. The van der Waals surface area contributed by atoms with Crippen molar-refractivity contribution in [3.05, 3.63) is 33.9 Å². The first-order valence-electron chi connectivity index (χ1n) is 3.93. The van der Waals surface area contributed by atoms with E-state index < -0.39 is 10.9 Å². The van der Waals surface area contributed by atoms with Gasteiger partial charge >= 0.3 is 5.97 Å². The van der Waals surface area contributed by atoms with Crippen molar-refractivity contribution in [3.8, 4) is 0 Å². The molecule has 0 bridgehead atoms. The van der Waals surface area contributed by atoms with Gasteiger partial charge in [0.15, 0.2) is 0 Å². The number of methoxy groups -OCH3 is 1. The van der Waals surface area contributed by atoms with Gasteiger partial charge in [0, 0.05) is 12.1 Å². The van der Waals surface area contributed by atoms with E-state index in [1.807, 2.05) is 0 Å². The molecule has 0 atom stereocenters. The second kappa shape index (κ2) is 4.38. The van der Waals surface area contributed by atoms with Gasteiger partial charge in [-0.1, -0.05) is 0 Å². The van der Waals surface area contributed by atoms with Crippen LogP contribution in [0.15, 0.2) is 18.2 Å². The van der Waals surface area contributed by atoms with E-state index in [0.29, 0.717) is 0 Å². The van der Waals surface area contributed by atoms with E-state index in [1.165, 1.54) is 19.2 Å². The Morgan fingerprint density at radius 2 is 2.27 bits per heavy atom. The zero-order valence-electron chi connectivity index (χ0n) is 7.89. The zero-order valence-corrected chi connectivity index (χ0v) is 7.89. The molecule has 0 heterocycles. The molecule has 0 aliphatic carbocycles. The van der Waals surface area contributed by atoms with Crippen LogP contribution in [0.4, 0.5) is 11.4 Å². The first kappa shape index (κ1) is 10.9. The number of rotatable bonds is 3. The van der Waals surface area contributed by atoms with Crippen LogP contribution in [0.2, 0.25) is 0 Å². The summed E-state index contributed by atoms with van der Waals surface area (Å²) in [7, 11) is 1.18. The van der Waals surface area contributed by atoms with Gasteiger partial charge in [0.05, 0.1) is 23.3 Å². The lowest BCUT2D eigenvalue weighted by atomic mass is 10.1. The molecule has 0 saturated heterocycles. The van der Waals surface area contributed by atoms with Crippen molar-refractivity contribution in [1.29, 1.82) is 0 Å². The number of benzene rings is 1. The van der Waals surface area contributed by atoms with Gasteiger partial charge in [-0.05, 0) is 6.07 Å². The predicted octanol–water partition coefficient (Wildman–Crippen LogP) is 0.667. The molecule has 0 amide bonds. The maximum Gasteiger partial charge on any atom is 0.340 e. The molecular weight excluding hydrogens is 202 g/mol. The number of non-ortho nitro benzene ring substituents is 1. The maximum absolute atomic E-state index is 11.2. The Balaban J connectivity index is 3.25. The first-order chi connectivity index (χ1) is 7.10. The summed E-state index contributed by atoms with van der Waals surface area (Å²) in [5.74, 6) is 4.45. The normalized spacial score (nSPS) is 9.47. The number of hydrogen-bond donors (Lipinski definition) is 2. The summed E-state index contributed by atoms with van der Waals surface area (Å²) in [6.07, 6.45) is 0. The molecule has 7 heteroatoms. The SMILES string of the molecule is COC(=O)c1cc([N+](=O)[O-])ccc1NN. The quantitative estimate of drug-likeness (QED) is 0.329. The molecule has 0 aromatic heterocycles. The molecule has 0 aliphatic heterocycles. The topological polar surface area (TPSA) is 107 Å². The lowest BCUT2D eigenvalue weighted by Crippen LogP contribution is -2.13. The molecule has 0 radical (unpaired) electrons. The van der Waals surface area contributed by atoms with Crippen molar-refractivity contribution in [2.24, 2.45) is 5.84 Å². The number of anilines is 1. The van der Waals surface area contributed by atoms with Crippen LogP contribution in [0.5, 0.6) is 0 Å². The Kier molecular flexibility index (Phi) is 3.19. The summed E-state index contributed by atoms with van der Waals surface area (Å²) >= 11 is 0. The number of carbonyl (C=O) groups excluding carboxylic acids is 1. The fourth-order valence-electron chi connectivity index (χ4n) is 1.05. The van der Waals surface area contributed by atoms with Gasteiger partial charge in [0.1, 0.15) is 0 Å². The van der Waals surface area contributed by atoms with Crippen molar-refractivity contribution >= 4 is 17.3 Å². The summed E-state index contributed by atoms with van der Waals surface area (Å²) in [4.78, 5) is 21.1. The van der Waals surface area contributed by atoms with Crippen LogP contribution >= 0.6 is 0 Å². The predicted molar refractivity (Wildman–Crippen MR) is 52.2 cm³/mol. The van der Waals surface area contributed by atoms with Crippen LogP contribution in [0.25, 0.3) is 0 Å². The van der Waals surface area contributed by atoms with Gasteiger partial charge in [-0.25, -0.2) is 4.79 Å². The van der Waals surface area contributed by atoms with Crippen LogP contribution in [0.3, 0.4) is 0 Å². The standard InChI is InChI=1S/C8H9N3O4/c1-15-8(12)6-4-5(11(13)14)2-3-7(6)10-9/h2-4,10H,9H2,1H3. The number of hydrazine groups is 1. The van der Waals surface area contributed by atoms with E-state index in [2.05, 4.69) is 10.2 Å². The van der Waals surface area contributed by atoms with Gasteiger partial charge in [-0.2, -0.15) is 0 Å². The zero-order chi connectivity index (χ0) is 11.4. The third kappa shape index (κ3) is 2.20. The lowest BCUT2D eigenvalue weighted by molar-refractivity contribution is -0.384. The number of nitrogen functional groups attached to an aromatic ring is 1. The van der Waals surface area contributed by atoms with Gasteiger partial charge in [-0.15, -0.1) is 0 Å². The fraction of sp³-hybridized carbons (Fsp3) is 0.125. The summed E-state index contributed by atoms with van der Waals surface area (Å²) in [6, 6.07) is 3.67. The van der Waals surface area contributed by atoms with Crippen LogP contribution in [-0.4, -0.2) is 18.0 Å². The first-order valence-corrected chi connectivity index (χ1v) is 3.93. The molecule has 3 N–H and O–H groups in total. The Morgan fingerprint density at radius 1 is 1.60 bits per heavy atom. The van der Waals surface area contributed by atoms with Crippen molar-refractivity contribution < 1.29 is 14.5 Å². The molecule has 0 spiro atoms. The van der Waals surface area contributed by atoms with Crippen LogP contribution in [0, 0.1) is 10.1 Å². The van der Waals surface area contributed by atoms with Crippen LogP contribution < -0.4 is 11.3 Å². The highest BCUT2D eigenvalue weighted by molar-refractivity contribution is 5.96. The van der Waals surface area contributed by atoms with E-state index in [0.717, 1.165) is 6.07 Å². The van der Waals surface area contributed by atoms with E-state index in [9.17, 15) is 14.9 Å². The van der Waals surface area contributed by atoms with Gasteiger partial charge in [0.25, 0.3) is 5.69 Å². The summed E-state index contributed by atoms with van der Waals surface area (Å²) < 4.78 is 4.46. The number of hydrogen-bond acceptors (Lipinski definition) is 6. The highest BCUT2D eigenvalue weighted by Gasteiger charge is 2.16. The van der Waals surface area contributed by atoms with Crippen molar-refractivity contribution in [2.75, 3.05) is 12.5 Å². The monoisotopic (exact) mass is 211 g/mol. The molecule has 0 aliphatic rings. The number of nitro groups is 1. The Morgan fingerprint density at radius 3 is 2.73 bits per heavy atom. The number of ether oxygens (including phenoxy) is 1. The largest absolute Gasteiger partial charge is 0.465 e.